The van der Waals surface area contributed by atoms with Gasteiger partial charge in [0.1, 0.15) is 0 Å². The molecule has 27 heavy (non-hydrogen) atoms. The number of rotatable bonds is 10. The van der Waals surface area contributed by atoms with E-state index in [-0.39, 0.29) is 56.3 Å². The number of nitro groups is 1. The summed E-state index contributed by atoms with van der Waals surface area (Å²) >= 11 is 0. The molecule has 4 amide bonds. The molecule has 0 atom stereocenters. The zero-order valence-corrected chi connectivity index (χ0v) is 14.5. The second-order valence-corrected chi connectivity index (χ2v) is 5.62. The van der Waals surface area contributed by atoms with Crippen LogP contribution in [0.4, 0.5) is 10.5 Å². The lowest BCUT2D eigenvalue weighted by Crippen LogP contribution is -2.39. The zero-order chi connectivity index (χ0) is 19.8. The van der Waals surface area contributed by atoms with Crippen LogP contribution in [0.5, 0.6) is 0 Å². The van der Waals surface area contributed by atoms with Crippen LogP contribution >= 0.6 is 0 Å². The topological polar surface area (TPSA) is 151 Å². The molecule has 146 valence electrons. The average Bonchev–Trinajstić information content (AvgIpc) is 2.89. The number of non-ortho nitro benzene ring substituents is 1. The molecule has 0 aromatic heterocycles. The molecule has 0 bridgehead atoms. The van der Waals surface area contributed by atoms with Crippen molar-refractivity contribution in [1.29, 1.82) is 0 Å². The Morgan fingerprint density at radius 3 is 2.56 bits per heavy atom. The van der Waals surface area contributed by atoms with Gasteiger partial charge in [-0.05, 0) is 12.5 Å². The van der Waals surface area contributed by atoms with Crippen molar-refractivity contribution in [1.82, 2.24) is 15.5 Å². The van der Waals surface area contributed by atoms with Gasteiger partial charge in [-0.1, -0.05) is 0 Å². The molecule has 0 saturated carbocycles. The lowest BCUT2D eigenvalue weighted by Gasteiger charge is -2.14. The van der Waals surface area contributed by atoms with Crippen molar-refractivity contribution < 1.29 is 29.2 Å². The van der Waals surface area contributed by atoms with E-state index in [1.54, 1.807) is 0 Å². The molecule has 0 fully saturated rings. The van der Waals surface area contributed by atoms with Gasteiger partial charge in [0.15, 0.2) is 0 Å². The van der Waals surface area contributed by atoms with Crippen LogP contribution in [-0.2, 0) is 4.74 Å². The number of hydrogen-bond acceptors (Lipinski definition) is 7. The third-order valence-corrected chi connectivity index (χ3v) is 3.78. The normalized spacial score (nSPS) is 12.9. The molecule has 1 aromatic carbocycles. The molecule has 11 nitrogen and oxygen atoms in total. The molecule has 1 aliphatic heterocycles. The van der Waals surface area contributed by atoms with Crippen LogP contribution in [0.3, 0.4) is 0 Å². The molecule has 1 heterocycles. The summed E-state index contributed by atoms with van der Waals surface area (Å²) in [5.41, 5.74) is -0.0972. The first-order chi connectivity index (χ1) is 13.0. The van der Waals surface area contributed by atoms with E-state index in [9.17, 15) is 24.5 Å². The van der Waals surface area contributed by atoms with Gasteiger partial charge in [-0.2, -0.15) is 0 Å². The van der Waals surface area contributed by atoms with Crippen LogP contribution in [0, 0.1) is 10.1 Å². The van der Waals surface area contributed by atoms with E-state index in [1.807, 2.05) is 0 Å². The molecule has 1 aromatic rings. The highest BCUT2D eigenvalue weighted by atomic mass is 16.6. The van der Waals surface area contributed by atoms with Crippen molar-refractivity contribution >= 4 is 23.5 Å². The van der Waals surface area contributed by atoms with Gasteiger partial charge in [0.2, 0.25) is 0 Å². The highest BCUT2D eigenvalue weighted by Crippen LogP contribution is 2.26. The Kier molecular flexibility index (Phi) is 7.20. The SMILES string of the molecule is O=C(NCCCN1C(=O)c2ccc([N+](=O)[O-])cc2C1=O)NCCOCCO. The Morgan fingerprint density at radius 1 is 1.15 bits per heavy atom. The fraction of sp³-hybridized carbons (Fsp3) is 0.438. The van der Waals surface area contributed by atoms with Crippen molar-refractivity contribution in [3.63, 3.8) is 0 Å². The van der Waals surface area contributed by atoms with E-state index in [1.165, 1.54) is 12.1 Å². The van der Waals surface area contributed by atoms with Crippen LogP contribution in [0.1, 0.15) is 27.1 Å². The van der Waals surface area contributed by atoms with E-state index in [2.05, 4.69) is 10.6 Å². The van der Waals surface area contributed by atoms with Crippen LogP contribution in [0.15, 0.2) is 18.2 Å². The molecule has 0 aliphatic carbocycles. The Hall–Kier alpha value is -3.05. The van der Waals surface area contributed by atoms with Gasteiger partial charge in [0.05, 0.1) is 35.9 Å². The summed E-state index contributed by atoms with van der Waals surface area (Å²) in [6.45, 7) is 0.985. The number of fused-ring (bicyclic) bond motifs is 1. The number of benzene rings is 1. The van der Waals surface area contributed by atoms with Crippen molar-refractivity contribution in [2.45, 2.75) is 6.42 Å². The number of carbonyl (C=O) groups is 3. The first-order valence-electron chi connectivity index (χ1n) is 8.30. The lowest BCUT2D eigenvalue weighted by molar-refractivity contribution is -0.384. The predicted molar refractivity (Wildman–Crippen MR) is 92.4 cm³/mol. The summed E-state index contributed by atoms with van der Waals surface area (Å²) in [6.07, 6.45) is 0.335. The fourth-order valence-electron chi connectivity index (χ4n) is 2.50. The van der Waals surface area contributed by atoms with Gasteiger partial charge in [-0.15, -0.1) is 0 Å². The number of amides is 4. The highest BCUT2D eigenvalue weighted by molar-refractivity contribution is 6.21. The quantitative estimate of drug-likeness (QED) is 0.222. The van der Waals surface area contributed by atoms with Crippen LogP contribution < -0.4 is 10.6 Å². The van der Waals surface area contributed by atoms with Gasteiger partial charge in [-0.3, -0.25) is 24.6 Å². The molecule has 3 N–H and O–H groups in total. The summed E-state index contributed by atoms with van der Waals surface area (Å²) in [7, 11) is 0. The van der Waals surface area contributed by atoms with E-state index in [4.69, 9.17) is 9.84 Å². The maximum Gasteiger partial charge on any atom is 0.314 e. The summed E-state index contributed by atoms with van der Waals surface area (Å²) in [5.74, 6) is -1.08. The maximum atomic E-state index is 12.3. The van der Waals surface area contributed by atoms with Gasteiger partial charge >= 0.3 is 6.03 Å². The molecule has 0 saturated heterocycles. The predicted octanol–water partition coefficient (Wildman–Crippen LogP) is -0.111. The largest absolute Gasteiger partial charge is 0.394 e. The highest BCUT2D eigenvalue weighted by Gasteiger charge is 2.36. The number of imide groups is 1. The van der Waals surface area contributed by atoms with E-state index >= 15 is 0 Å². The molecule has 1 aliphatic rings. The third-order valence-electron chi connectivity index (χ3n) is 3.78. The molecular weight excluding hydrogens is 360 g/mol. The average molecular weight is 380 g/mol. The number of hydrogen-bond donors (Lipinski definition) is 3. The Labute approximate surface area is 154 Å². The summed E-state index contributed by atoms with van der Waals surface area (Å²) in [6, 6.07) is 3.14. The minimum Gasteiger partial charge on any atom is -0.394 e. The smallest absolute Gasteiger partial charge is 0.314 e. The summed E-state index contributed by atoms with van der Waals surface area (Å²) in [4.78, 5) is 47.3. The second kappa shape index (κ2) is 9.59. The number of urea groups is 1. The van der Waals surface area contributed by atoms with Crippen LogP contribution in [0.25, 0.3) is 0 Å². The van der Waals surface area contributed by atoms with Crippen LogP contribution in [-0.4, -0.2) is 72.2 Å². The number of ether oxygens (including phenoxy) is 1. The summed E-state index contributed by atoms with van der Waals surface area (Å²) < 4.78 is 4.99. The van der Waals surface area contributed by atoms with Crippen molar-refractivity contribution in [2.24, 2.45) is 0 Å². The molecule has 2 rings (SSSR count). The monoisotopic (exact) mass is 380 g/mol. The molecule has 0 radical (unpaired) electrons. The number of nitrogens with one attached hydrogen (secondary N) is 2. The van der Waals surface area contributed by atoms with Crippen molar-refractivity contribution in [2.75, 3.05) is 39.5 Å². The van der Waals surface area contributed by atoms with Gasteiger partial charge in [0.25, 0.3) is 17.5 Å². The second-order valence-electron chi connectivity index (χ2n) is 5.62. The van der Waals surface area contributed by atoms with Gasteiger partial charge < -0.3 is 20.5 Å². The van der Waals surface area contributed by atoms with E-state index < -0.39 is 22.8 Å². The molecule has 0 spiro atoms. The first-order valence-corrected chi connectivity index (χ1v) is 8.30. The van der Waals surface area contributed by atoms with Gasteiger partial charge in [0, 0.05) is 31.8 Å². The van der Waals surface area contributed by atoms with E-state index in [0.717, 1.165) is 11.0 Å². The Bertz CT molecular complexity index is 737. The maximum absolute atomic E-state index is 12.3. The summed E-state index contributed by atoms with van der Waals surface area (Å²) in [5, 5.41) is 24.5. The number of aliphatic hydroxyl groups is 1. The molecule has 0 unspecified atom stereocenters. The number of nitro benzene ring substituents is 1. The van der Waals surface area contributed by atoms with Crippen LogP contribution in [0.2, 0.25) is 0 Å². The minimum absolute atomic E-state index is 0.0165. The molecular formula is C16H20N4O7. The minimum atomic E-state index is -0.627. The lowest BCUT2D eigenvalue weighted by atomic mass is 10.1. The Balaban J connectivity index is 1.75. The van der Waals surface area contributed by atoms with E-state index in [0.29, 0.717) is 6.42 Å². The number of aliphatic hydroxyl groups excluding tert-OH is 1. The first kappa shape index (κ1) is 20.3. The van der Waals surface area contributed by atoms with Crippen molar-refractivity contribution in [3.8, 4) is 0 Å². The zero-order valence-electron chi connectivity index (χ0n) is 14.5. The Morgan fingerprint density at radius 2 is 1.85 bits per heavy atom. The standard InChI is InChI=1S/C16H20N4O7/c21-7-9-27-8-5-18-16(24)17-4-1-6-19-14(22)12-3-2-11(20(25)26)10-13(12)15(19)23/h2-3,10,21H,1,4-9H2,(H2,17,18,24). The fourth-order valence-corrected chi connectivity index (χ4v) is 2.50. The van der Waals surface area contributed by atoms with Crippen molar-refractivity contribution in [3.05, 3.63) is 39.4 Å². The third kappa shape index (κ3) is 5.21. The number of carbonyl (C=O) groups excluding carboxylic acids is 3. The van der Waals surface area contributed by atoms with Gasteiger partial charge in [-0.25, -0.2) is 4.79 Å². The molecule has 11 heteroatoms. The number of nitrogens with zero attached hydrogens (tertiary/aromatic N) is 2.